The molecule has 0 bridgehead atoms. The van der Waals surface area contributed by atoms with Gasteiger partial charge in [-0.05, 0) is 0 Å². The Bertz CT molecular complexity index is 131. The second kappa shape index (κ2) is 14.7. The van der Waals surface area contributed by atoms with Crippen LogP contribution in [0.15, 0.2) is 0 Å². The van der Waals surface area contributed by atoms with Gasteiger partial charge >= 0.3 is 104 Å². The van der Waals surface area contributed by atoms with E-state index in [9.17, 15) is 19.8 Å². The van der Waals surface area contributed by atoms with Crippen LogP contribution >= 0.6 is 0 Å². The Labute approximate surface area is 104 Å². The summed E-state index contributed by atoms with van der Waals surface area (Å²) in [5.74, 6) is 0. The molecule has 0 rings (SSSR count). The van der Waals surface area contributed by atoms with Gasteiger partial charge in [0.15, 0.2) is 0 Å². The van der Waals surface area contributed by atoms with Crippen LogP contribution in [0.5, 0.6) is 0 Å². The van der Waals surface area contributed by atoms with E-state index in [4.69, 9.17) is 0 Å². The summed E-state index contributed by atoms with van der Waals surface area (Å²) >= 11 is 1.15. The van der Waals surface area contributed by atoms with Gasteiger partial charge in [-0.3, -0.25) is 0 Å². The Balaban J connectivity index is -0.000000143. The number of rotatable bonds is 2. The smallest absolute Gasteiger partial charge is 2.00 e. The fraction of sp³-hybridized carbons (Fsp3) is 0. The molecule has 8 nitrogen and oxygen atoms in total. The maximum atomic E-state index is 9.22. The minimum Gasteiger partial charge on any atom is 2.00 e. The van der Waals surface area contributed by atoms with Crippen LogP contribution in [0.2, 0.25) is 0 Å². The van der Waals surface area contributed by atoms with E-state index in [1.54, 1.807) is 0 Å². The summed E-state index contributed by atoms with van der Waals surface area (Å²) in [5, 5.41) is 18.4. The van der Waals surface area contributed by atoms with E-state index in [-0.39, 0.29) is 17.1 Å². The Morgan fingerprint density at radius 3 is 1.23 bits per heavy atom. The zero-order valence-electron chi connectivity index (χ0n) is 6.17. The van der Waals surface area contributed by atoms with Crippen molar-refractivity contribution in [2.24, 2.45) is 0 Å². The molecule has 0 aliphatic carbocycles. The number of hydrogen-bond acceptors (Lipinski definition) is 8. The van der Waals surface area contributed by atoms with Crippen LogP contribution in [0.25, 0.3) is 0 Å². The quantitative estimate of drug-likeness (QED) is 0.393. The van der Waals surface area contributed by atoms with Crippen molar-refractivity contribution in [3.63, 3.8) is 0 Å². The molecule has 2 N–H and O–H groups in total. The van der Waals surface area contributed by atoms with Crippen molar-refractivity contribution in [2.75, 3.05) is 0 Å². The maximum absolute atomic E-state index is 9.22. The molecule has 0 atom stereocenters. The molecule has 0 heterocycles. The van der Waals surface area contributed by atoms with Gasteiger partial charge in [-0.2, -0.15) is 0 Å². The SMILES string of the molecule is O=C([O-])O[NH][Zn].O=C([O-])O[NH][Zn].[Cu+2]. The van der Waals surface area contributed by atoms with Crippen LogP contribution < -0.4 is 18.7 Å². The Hall–Kier alpha value is 0.226. The van der Waals surface area contributed by atoms with E-state index in [1.165, 1.54) is 0 Å². The van der Waals surface area contributed by atoms with Gasteiger partial charge < -0.3 is 0 Å². The summed E-state index contributed by atoms with van der Waals surface area (Å²) in [4.78, 5) is 25.8. The molecule has 0 saturated heterocycles. The van der Waals surface area contributed by atoms with Gasteiger partial charge in [0.2, 0.25) is 0 Å². The first-order valence-corrected chi connectivity index (χ1v) is 5.31. The third kappa shape index (κ3) is 33.0. The van der Waals surface area contributed by atoms with Gasteiger partial charge in [0, 0.05) is 0 Å². The molecule has 71 valence electrons. The van der Waals surface area contributed by atoms with Crippen LogP contribution in [0.1, 0.15) is 0 Å². The van der Waals surface area contributed by atoms with E-state index in [2.05, 4.69) is 9.68 Å². The number of carbonyl (C=O) groups is 2. The Morgan fingerprint density at radius 1 is 1.00 bits per heavy atom. The molecule has 1 radical (unpaired) electrons. The molecule has 0 spiro atoms. The first-order chi connectivity index (χ1) is 5.54. The predicted octanol–water partition coefficient (Wildman–Crippen LogP) is -3.38. The normalized spacial score (nSPS) is 7.08. The summed E-state index contributed by atoms with van der Waals surface area (Å²) in [5.41, 5.74) is 0. The van der Waals surface area contributed by atoms with E-state index < -0.39 is 12.3 Å². The molecule has 0 aromatic heterocycles. The molecule has 0 amide bonds. The molecule has 13 heavy (non-hydrogen) atoms. The predicted molar refractivity (Wildman–Crippen MR) is 19.2 cm³/mol. The van der Waals surface area contributed by atoms with Crippen molar-refractivity contribution in [1.29, 1.82) is 0 Å². The molecule has 0 aliphatic rings. The summed E-state index contributed by atoms with van der Waals surface area (Å²) in [6.45, 7) is 0. The van der Waals surface area contributed by atoms with Gasteiger partial charge in [0.1, 0.15) is 0 Å². The maximum Gasteiger partial charge on any atom is 2.00 e. The van der Waals surface area contributed by atoms with Crippen LogP contribution in [0, 0.1) is 0 Å². The molecular formula is C2H2CuN2O6Zn2. The molecule has 0 aromatic rings. The number of nitrogens with one attached hydrogen (secondary N) is 2. The van der Waals surface area contributed by atoms with Crippen LogP contribution in [0.3, 0.4) is 0 Å². The minimum absolute atomic E-state index is 0. The van der Waals surface area contributed by atoms with Crippen LogP contribution in [0.4, 0.5) is 9.59 Å². The summed E-state index contributed by atoms with van der Waals surface area (Å²) in [6.07, 6.45) is -3.08. The minimum atomic E-state index is -1.54. The molecule has 0 aliphatic heterocycles. The van der Waals surface area contributed by atoms with E-state index in [0.717, 1.165) is 0 Å². The number of carboxylic acid groups (broad SMARTS) is 2. The monoisotopic (exact) mass is 341 g/mol. The van der Waals surface area contributed by atoms with Crippen LogP contribution in [-0.4, -0.2) is 12.3 Å². The summed E-state index contributed by atoms with van der Waals surface area (Å²) < 4.78 is 4.06. The van der Waals surface area contributed by atoms with Gasteiger partial charge in [-0.15, -0.1) is 0 Å². The second-order valence-electron chi connectivity index (χ2n) is 0.993. The van der Waals surface area contributed by atoms with E-state index >= 15 is 0 Å². The third-order valence-corrected chi connectivity index (χ3v) is 0.917. The van der Waals surface area contributed by atoms with Crippen molar-refractivity contribution in [1.82, 2.24) is 8.45 Å². The van der Waals surface area contributed by atoms with Crippen molar-refractivity contribution >= 4 is 12.3 Å². The molecular weight excluding hydrogens is 342 g/mol. The molecule has 0 saturated carbocycles. The topological polar surface area (TPSA) is 123 Å². The first-order valence-electron chi connectivity index (χ1n) is 2.34. The Kier molecular flexibility index (Phi) is 21.4. The van der Waals surface area contributed by atoms with Crippen molar-refractivity contribution in [3.05, 3.63) is 0 Å². The van der Waals surface area contributed by atoms with Gasteiger partial charge in [0.05, 0.1) is 0 Å². The summed E-state index contributed by atoms with van der Waals surface area (Å²) in [6, 6.07) is 0. The molecule has 11 heteroatoms. The van der Waals surface area contributed by atoms with Gasteiger partial charge in [-0.1, -0.05) is 0 Å². The van der Waals surface area contributed by atoms with Gasteiger partial charge in [0.25, 0.3) is 0 Å². The van der Waals surface area contributed by atoms with Gasteiger partial charge in [-0.25, -0.2) is 0 Å². The average molecular weight is 344 g/mol. The molecule has 0 fully saturated rings. The fourth-order valence-corrected chi connectivity index (χ4v) is 0.612. The van der Waals surface area contributed by atoms with Crippen molar-refractivity contribution in [3.8, 4) is 0 Å². The molecule has 0 unspecified atom stereocenters. The molecule has 0 aromatic carbocycles. The van der Waals surface area contributed by atoms with Crippen LogP contribution in [-0.2, 0) is 63.8 Å². The van der Waals surface area contributed by atoms with Crippen molar-refractivity contribution < 1.29 is 83.6 Å². The zero-order chi connectivity index (χ0) is 9.98. The first kappa shape index (κ1) is 18.9. The number of hydrogen-bond donors (Lipinski definition) is 2. The largest absolute Gasteiger partial charge is 2.00 e. The standard InChI is InChI=1S/2CH2NO3.Cu.2Zn/c2*2-5-1(3)4;;;/h2*2H,(H,3,4);;;/q2*-1;+2;2*+1/p-2. The van der Waals surface area contributed by atoms with E-state index in [1.807, 2.05) is 8.45 Å². The third-order valence-electron chi connectivity index (χ3n) is 0.311. The number of carbonyl (C=O) groups excluding carboxylic acids is 2. The second-order valence-corrected chi connectivity index (χ2v) is 2.20. The zero-order valence-corrected chi connectivity index (χ0v) is 13.0. The van der Waals surface area contributed by atoms with Crippen molar-refractivity contribution in [2.45, 2.75) is 0 Å². The fourth-order valence-electron chi connectivity index (χ4n) is 0.118. The average Bonchev–Trinajstić information content (AvgIpc) is 1.87. The van der Waals surface area contributed by atoms with E-state index in [0.29, 0.717) is 37.1 Å². The Morgan fingerprint density at radius 2 is 1.23 bits per heavy atom. The summed E-state index contributed by atoms with van der Waals surface area (Å²) in [7, 11) is 0.